The first-order valence-electron chi connectivity index (χ1n) is 4.42. The van der Waals surface area contributed by atoms with E-state index in [2.05, 4.69) is 5.32 Å². The summed E-state index contributed by atoms with van der Waals surface area (Å²) in [6, 6.07) is 2.19. The molecule has 0 aliphatic heterocycles. The minimum absolute atomic E-state index is 0.0333. The van der Waals surface area contributed by atoms with Crippen molar-refractivity contribution in [1.29, 1.82) is 0 Å². The molecule has 1 rings (SSSR count). The van der Waals surface area contributed by atoms with Crippen molar-refractivity contribution in [3.8, 4) is 0 Å². The van der Waals surface area contributed by atoms with E-state index in [1.165, 1.54) is 6.07 Å². The van der Waals surface area contributed by atoms with E-state index in [0.717, 1.165) is 6.07 Å². The largest absolute Gasteiger partial charge is 0.478 e. The Bertz CT molecular complexity index is 447. The van der Waals surface area contributed by atoms with E-state index in [0.29, 0.717) is 6.54 Å². The summed E-state index contributed by atoms with van der Waals surface area (Å²) in [6.07, 6.45) is 0. The lowest BCUT2D eigenvalue weighted by Crippen LogP contribution is -2.05. The van der Waals surface area contributed by atoms with Crippen LogP contribution in [0.1, 0.15) is 17.3 Å². The van der Waals surface area contributed by atoms with Crippen LogP contribution in [0.4, 0.5) is 11.4 Å². The molecule has 0 fully saturated rings. The molecule has 2 N–H and O–H groups in total. The van der Waals surface area contributed by atoms with Crippen LogP contribution < -0.4 is 5.32 Å². The van der Waals surface area contributed by atoms with Gasteiger partial charge in [-0.15, -0.1) is 0 Å². The van der Waals surface area contributed by atoms with Crippen LogP contribution in [0.3, 0.4) is 0 Å². The zero-order valence-electron chi connectivity index (χ0n) is 8.36. The van der Waals surface area contributed by atoms with E-state index in [1.54, 1.807) is 6.92 Å². The average molecular weight is 245 g/mol. The van der Waals surface area contributed by atoms with E-state index in [4.69, 9.17) is 16.7 Å². The van der Waals surface area contributed by atoms with E-state index in [-0.39, 0.29) is 22.0 Å². The van der Waals surface area contributed by atoms with Crippen LogP contribution in [-0.4, -0.2) is 22.5 Å². The fourth-order valence-corrected chi connectivity index (χ4v) is 1.45. The highest BCUT2D eigenvalue weighted by Crippen LogP contribution is 2.31. The number of nitrogens with zero attached hydrogens (tertiary/aromatic N) is 1. The van der Waals surface area contributed by atoms with E-state index >= 15 is 0 Å². The maximum Gasteiger partial charge on any atom is 0.337 e. The van der Waals surface area contributed by atoms with Crippen molar-refractivity contribution < 1.29 is 14.8 Å². The van der Waals surface area contributed by atoms with Crippen molar-refractivity contribution in [3.05, 3.63) is 32.8 Å². The summed E-state index contributed by atoms with van der Waals surface area (Å²) >= 11 is 5.69. The van der Waals surface area contributed by atoms with Crippen LogP contribution in [-0.2, 0) is 0 Å². The fourth-order valence-electron chi connectivity index (χ4n) is 1.21. The van der Waals surface area contributed by atoms with Gasteiger partial charge < -0.3 is 10.4 Å². The lowest BCUT2D eigenvalue weighted by Gasteiger charge is -2.06. The van der Waals surface area contributed by atoms with Gasteiger partial charge in [-0.3, -0.25) is 10.1 Å². The molecule has 0 unspecified atom stereocenters. The highest BCUT2D eigenvalue weighted by Gasteiger charge is 2.20. The summed E-state index contributed by atoms with van der Waals surface area (Å²) in [5.41, 5.74) is -0.374. The first-order valence-corrected chi connectivity index (χ1v) is 4.80. The third kappa shape index (κ3) is 2.40. The van der Waals surface area contributed by atoms with Crippen LogP contribution >= 0.6 is 11.6 Å². The Morgan fingerprint density at radius 2 is 2.25 bits per heavy atom. The predicted molar refractivity (Wildman–Crippen MR) is 59.2 cm³/mol. The minimum atomic E-state index is -1.30. The standard InChI is InChI=1S/C9H9ClN2O4/c1-2-11-7-4-6(10)5(9(13)14)3-8(7)12(15)16/h3-4,11H,2H2,1H3,(H,13,14). The van der Waals surface area contributed by atoms with Gasteiger partial charge >= 0.3 is 5.97 Å². The summed E-state index contributed by atoms with van der Waals surface area (Å²) in [6.45, 7) is 2.24. The van der Waals surface area contributed by atoms with Crippen molar-refractivity contribution in [2.24, 2.45) is 0 Å². The minimum Gasteiger partial charge on any atom is -0.478 e. The smallest absolute Gasteiger partial charge is 0.337 e. The molecule has 0 saturated carbocycles. The van der Waals surface area contributed by atoms with Crippen LogP contribution in [0, 0.1) is 10.1 Å². The number of carbonyl (C=O) groups is 1. The molecule has 0 heterocycles. The molecule has 0 bridgehead atoms. The molecule has 0 aliphatic rings. The number of rotatable bonds is 4. The highest BCUT2D eigenvalue weighted by atomic mass is 35.5. The third-order valence-corrected chi connectivity index (χ3v) is 2.19. The lowest BCUT2D eigenvalue weighted by atomic mass is 10.1. The van der Waals surface area contributed by atoms with Gasteiger partial charge in [0.2, 0.25) is 0 Å². The number of benzene rings is 1. The SMILES string of the molecule is CCNc1cc(Cl)c(C(=O)O)cc1[N+](=O)[O-]. The molecule has 1 aromatic rings. The Kier molecular flexibility index (Phi) is 3.68. The molecule has 1 aromatic carbocycles. The normalized spacial score (nSPS) is 9.88. The molecule has 0 spiro atoms. The maximum atomic E-state index is 10.7. The van der Waals surface area contributed by atoms with Crippen LogP contribution in [0.25, 0.3) is 0 Å². The second-order valence-corrected chi connectivity index (χ2v) is 3.35. The van der Waals surface area contributed by atoms with Gasteiger partial charge in [-0.05, 0) is 13.0 Å². The molecule has 0 amide bonds. The number of hydrogen-bond donors (Lipinski definition) is 2. The summed E-state index contributed by atoms with van der Waals surface area (Å²) < 4.78 is 0. The van der Waals surface area contributed by atoms with E-state index < -0.39 is 10.9 Å². The molecule has 16 heavy (non-hydrogen) atoms. The lowest BCUT2D eigenvalue weighted by molar-refractivity contribution is -0.384. The zero-order chi connectivity index (χ0) is 12.3. The molecule has 0 saturated heterocycles. The van der Waals surface area contributed by atoms with Crippen LogP contribution in [0.5, 0.6) is 0 Å². The number of nitro groups is 1. The van der Waals surface area contributed by atoms with Crippen molar-refractivity contribution in [3.63, 3.8) is 0 Å². The third-order valence-electron chi connectivity index (χ3n) is 1.88. The number of nitro benzene ring substituents is 1. The van der Waals surface area contributed by atoms with Crippen molar-refractivity contribution in [2.45, 2.75) is 6.92 Å². The van der Waals surface area contributed by atoms with Gasteiger partial charge in [0.25, 0.3) is 5.69 Å². The number of aromatic carboxylic acids is 1. The van der Waals surface area contributed by atoms with Gasteiger partial charge in [-0.1, -0.05) is 11.6 Å². The van der Waals surface area contributed by atoms with Gasteiger partial charge in [0.05, 0.1) is 15.5 Å². The monoisotopic (exact) mass is 244 g/mol. The Morgan fingerprint density at radius 1 is 1.62 bits per heavy atom. The molecule has 0 atom stereocenters. The van der Waals surface area contributed by atoms with Gasteiger partial charge in [-0.25, -0.2) is 4.79 Å². The number of anilines is 1. The van der Waals surface area contributed by atoms with E-state index in [9.17, 15) is 14.9 Å². The van der Waals surface area contributed by atoms with Crippen molar-refractivity contribution in [2.75, 3.05) is 11.9 Å². The van der Waals surface area contributed by atoms with Crippen LogP contribution in [0.2, 0.25) is 5.02 Å². The molecule has 86 valence electrons. The van der Waals surface area contributed by atoms with Gasteiger partial charge in [0, 0.05) is 12.6 Å². The highest BCUT2D eigenvalue weighted by molar-refractivity contribution is 6.34. The Morgan fingerprint density at radius 3 is 2.69 bits per heavy atom. The zero-order valence-corrected chi connectivity index (χ0v) is 9.11. The van der Waals surface area contributed by atoms with Crippen LogP contribution in [0.15, 0.2) is 12.1 Å². The summed E-state index contributed by atoms with van der Waals surface area (Å²) in [5, 5.41) is 22.2. The Hall–Kier alpha value is -1.82. The Labute approximate surface area is 96.0 Å². The van der Waals surface area contributed by atoms with Crippen molar-refractivity contribution >= 4 is 28.9 Å². The molecule has 0 aromatic heterocycles. The summed E-state index contributed by atoms with van der Waals surface area (Å²) in [7, 11) is 0. The number of halogens is 1. The fraction of sp³-hybridized carbons (Fsp3) is 0.222. The molecule has 0 aliphatic carbocycles. The first kappa shape index (κ1) is 12.3. The molecular formula is C9H9ClN2O4. The molecule has 0 radical (unpaired) electrons. The molecule has 7 heteroatoms. The molecular weight excluding hydrogens is 236 g/mol. The number of carboxylic acids is 1. The quantitative estimate of drug-likeness (QED) is 0.627. The van der Waals surface area contributed by atoms with E-state index in [1.807, 2.05) is 0 Å². The number of hydrogen-bond acceptors (Lipinski definition) is 4. The van der Waals surface area contributed by atoms with Crippen molar-refractivity contribution in [1.82, 2.24) is 0 Å². The summed E-state index contributed by atoms with van der Waals surface area (Å²) in [5.74, 6) is -1.30. The van der Waals surface area contributed by atoms with Gasteiger partial charge in [0.1, 0.15) is 5.69 Å². The summed E-state index contributed by atoms with van der Waals surface area (Å²) in [4.78, 5) is 20.8. The number of carboxylic acid groups (broad SMARTS) is 1. The first-order chi connectivity index (χ1) is 7.47. The predicted octanol–water partition coefficient (Wildman–Crippen LogP) is 2.38. The van der Waals surface area contributed by atoms with Gasteiger partial charge in [0.15, 0.2) is 0 Å². The Balaban J connectivity index is 3.36. The molecule has 6 nitrogen and oxygen atoms in total. The van der Waals surface area contributed by atoms with Gasteiger partial charge in [-0.2, -0.15) is 0 Å². The second-order valence-electron chi connectivity index (χ2n) is 2.94. The second kappa shape index (κ2) is 4.80. The topological polar surface area (TPSA) is 92.5 Å². The number of nitrogens with one attached hydrogen (secondary N) is 1. The maximum absolute atomic E-state index is 10.7. The average Bonchev–Trinajstić information content (AvgIpc) is 2.17.